The minimum Gasteiger partial charge on any atom is -0.484 e. The Bertz CT molecular complexity index is 1320. The highest BCUT2D eigenvalue weighted by molar-refractivity contribution is 5.91. The van der Waals surface area contributed by atoms with Crippen LogP contribution in [-0.2, 0) is 11.3 Å². The second-order valence-corrected chi connectivity index (χ2v) is 7.08. The first kappa shape index (κ1) is 20.2. The molecule has 0 unspecified atom stereocenters. The number of aromatic amines is 2. The molecule has 0 fully saturated rings. The maximum Gasteiger partial charge on any atom is 0.328 e. The normalized spacial score (nSPS) is 10.9. The molecule has 31 heavy (non-hydrogen) atoms. The van der Waals surface area contributed by atoms with Crippen LogP contribution in [0.5, 0.6) is 5.75 Å². The molecule has 8 nitrogen and oxygen atoms in total. The molecule has 158 valence electrons. The number of anilines is 1. The van der Waals surface area contributed by atoms with E-state index in [1.807, 2.05) is 37.3 Å². The molecule has 3 N–H and O–H groups in total. The molecule has 4 rings (SSSR count). The monoisotopic (exact) mass is 418 g/mol. The van der Waals surface area contributed by atoms with Gasteiger partial charge in [0, 0.05) is 17.9 Å². The molecule has 1 amide bonds. The van der Waals surface area contributed by atoms with Crippen molar-refractivity contribution in [3.05, 3.63) is 81.5 Å². The summed E-state index contributed by atoms with van der Waals surface area (Å²) >= 11 is 0. The lowest BCUT2D eigenvalue weighted by Crippen LogP contribution is -2.29. The summed E-state index contributed by atoms with van der Waals surface area (Å²) < 4.78 is 7.11. The molecule has 0 spiro atoms. The molecule has 0 radical (unpaired) electrons. The number of nitrogens with zero attached hydrogens (tertiary/aromatic N) is 1. The highest BCUT2D eigenvalue weighted by Gasteiger charge is 2.12. The number of rotatable bonds is 7. The van der Waals surface area contributed by atoms with Gasteiger partial charge in [0.15, 0.2) is 6.61 Å². The summed E-state index contributed by atoms with van der Waals surface area (Å²) in [4.78, 5) is 41.8. The number of hydrogen-bond acceptors (Lipinski definition) is 4. The molecule has 0 saturated carbocycles. The number of carbonyl (C=O) groups excluding carboxylic acids is 1. The van der Waals surface area contributed by atoms with Crippen molar-refractivity contribution in [2.24, 2.45) is 0 Å². The van der Waals surface area contributed by atoms with Gasteiger partial charge in [-0.2, -0.15) is 0 Å². The first-order valence-corrected chi connectivity index (χ1v) is 9.99. The van der Waals surface area contributed by atoms with Gasteiger partial charge in [0.05, 0.1) is 5.52 Å². The number of benzene rings is 2. The predicted molar refractivity (Wildman–Crippen MR) is 119 cm³/mol. The van der Waals surface area contributed by atoms with Gasteiger partial charge in [-0.05, 0) is 54.4 Å². The number of para-hydroxylation sites is 1. The Morgan fingerprint density at radius 2 is 1.77 bits per heavy atom. The van der Waals surface area contributed by atoms with Crippen molar-refractivity contribution < 1.29 is 9.53 Å². The van der Waals surface area contributed by atoms with Gasteiger partial charge in [0.1, 0.15) is 11.3 Å². The van der Waals surface area contributed by atoms with Crippen LogP contribution < -0.4 is 21.3 Å². The molecule has 0 aliphatic heterocycles. The molecule has 2 heterocycles. The van der Waals surface area contributed by atoms with Crippen molar-refractivity contribution in [3.8, 4) is 17.0 Å². The number of ether oxygens (including phenoxy) is 1. The molecule has 0 aliphatic rings. The van der Waals surface area contributed by atoms with E-state index in [9.17, 15) is 14.4 Å². The zero-order valence-corrected chi connectivity index (χ0v) is 17.0. The van der Waals surface area contributed by atoms with E-state index >= 15 is 0 Å². The number of hydrogen-bond donors (Lipinski definition) is 3. The third kappa shape index (κ3) is 4.42. The van der Waals surface area contributed by atoms with Crippen LogP contribution in [0.1, 0.15) is 13.3 Å². The van der Waals surface area contributed by atoms with Crippen molar-refractivity contribution in [1.29, 1.82) is 0 Å². The zero-order valence-electron chi connectivity index (χ0n) is 17.0. The highest BCUT2D eigenvalue weighted by Crippen LogP contribution is 2.24. The Labute approximate surface area is 177 Å². The van der Waals surface area contributed by atoms with Crippen LogP contribution in [0.15, 0.2) is 70.3 Å². The Morgan fingerprint density at radius 1 is 1.03 bits per heavy atom. The number of aryl methyl sites for hydroxylation is 1. The van der Waals surface area contributed by atoms with E-state index in [1.54, 1.807) is 34.9 Å². The van der Waals surface area contributed by atoms with Crippen LogP contribution in [0, 0.1) is 0 Å². The second kappa shape index (κ2) is 8.74. The average Bonchev–Trinajstić information content (AvgIpc) is 3.22. The fourth-order valence-electron chi connectivity index (χ4n) is 3.37. The molecular weight excluding hydrogens is 396 g/mol. The number of H-pyrrole nitrogens is 2. The first-order chi connectivity index (χ1) is 15.0. The van der Waals surface area contributed by atoms with Gasteiger partial charge < -0.3 is 15.0 Å². The van der Waals surface area contributed by atoms with E-state index in [1.165, 1.54) is 0 Å². The smallest absolute Gasteiger partial charge is 0.328 e. The molecule has 0 saturated heterocycles. The zero-order chi connectivity index (χ0) is 21.8. The minimum absolute atomic E-state index is 0.112. The Kier molecular flexibility index (Phi) is 5.70. The number of fused-ring (bicyclic) bond motifs is 1. The summed E-state index contributed by atoms with van der Waals surface area (Å²) in [6, 6.07) is 18.1. The second-order valence-electron chi connectivity index (χ2n) is 7.08. The van der Waals surface area contributed by atoms with Crippen LogP contribution >= 0.6 is 0 Å². The van der Waals surface area contributed by atoms with Gasteiger partial charge in [-0.15, -0.1) is 0 Å². The fraction of sp³-hybridized carbons (Fsp3) is 0.174. The van der Waals surface area contributed by atoms with Crippen molar-refractivity contribution in [2.75, 3.05) is 11.9 Å². The summed E-state index contributed by atoms with van der Waals surface area (Å²) in [7, 11) is 0. The van der Waals surface area contributed by atoms with Crippen molar-refractivity contribution in [1.82, 2.24) is 14.5 Å². The average molecular weight is 418 g/mol. The summed E-state index contributed by atoms with van der Waals surface area (Å²) in [6.45, 7) is 2.37. The van der Waals surface area contributed by atoms with Gasteiger partial charge >= 0.3 is 5.69 Å². The highest BCUT2D eigenvalue weighted by atomic mass is 16.5. The van der Waals surface area contributed by atoms with Gasteiger partial charge in [0.2, 0.25) is 0 Å². The molecule has 2 aromatic carbocycles. The quantitative estimate of drug-likeness (QED) is 0.428. The summed E-state index contributed by atoms with van der Waals surface area (Å²) in [6.07, 6.45) is 0.769. The number of aromatic nitrogens is 3. The molecule has 0 aliphatic carbocycles. The van der Waals surface area contributed by atoms with Gasteiger partial charge in [-0.3, -0.25) is 19.1 Å². The molecule has 8 heteroatoms. The van der Waals surface area contributed by atoms with Gasteiger partial charge in [-0.1, -0.05) is 25.1 Å². The number of amides is 1. The molecule has 0 atom stereocenters. The SMILES string of the molecule is CCCn1c(=O)[nH]c(=O)c2[nH]c(-c3ccc(OCC(=O)Nc4ccccc4)cc3)cc21. The Balaban J connectivity index is 1.49. The largest absolute Gasteiger partial charge is 0.484 e. The molecule has 2 aromatic heterocycles. The summed E-state index contributed by atoms with van der Waals surface area (Å²) in [5, 5.41) is 2.76. The lowest BCUT2D eigenvalue weighted by atomic mass is 10.1. The predicted octanol–water partition coefficient (Wildman–Crippen LogP) is 3.11. The van der Waals surface area contributed by atoms with E-state index < -0.39 is 11.2 Å². The van der Waals surface area contributed by atoms with Crippen molar-refractivity contribution >= 4 is 22.6 Å². The number of carbonyl (C=O) groups is 1. The van der Waals surface area contributed by atoms with Crippen LogP contribution in [0.2, 0.25) is 0 Å². The molecule has 4 aromatic rings. The lowest BCUT2D eigenvalue weighted by molar-refractivity contribution is -0.118. The van der Waals surface area contributed by atoms with Crippen LogP contribution in [0.3, 0.4) is 0 Å². The maximum absolute atomic E-state index is 12.2. The van der Waals surface area contributed by atoms with E-state index in [0.29, 0.717) is 34.7 Å². The van der Waals surface area contributed by atoms with Crippen LogP contribution in [0.25, 0.3) is 22.3 Å². The van der Waals surface area contributed by atoms with Gasteiger partial charge in [0.25, 0.3) is 11.5 Å². The standard InChI is InChI=1S/C23H22N4O4/c1-2-12-27-19-13-18(25-21(19)22(29)26-23(27)30)15-8-10-17(11-9-15)31-14-20(28)24-16-6-4-3-5-7-16/h3-11,13,25H,2,12,14H2,1H3,(H,24,28)(H,26,29,30). The lowest BCUT2D eigenvalue weighted by Gasteiger charge is -2.08. The summed E-state index contributed by atoms with van der Waals surface area (Å²) in [5.74, 6) is 0.294. The van der Waals surface area contributed by atoms with Crippen molar-refractivity contribution in [3.63, 3.8) is 0 Å². The Morgan fingerprint density at radius 3 is 2.48 bits per heavy atom. The van der Waals surface area contributed by atoms with Crippen LogP contribution in [-0.4, -0.2) is 27.0 Å². The van der Waals surface area contributed by atoms with Crippen LogP contribution in [0.4, 0.5) is 5.69 Å². The third-order valence-electron chi connectivity index (χ3n) is 4.82. The molecule has 0 bridgehead atoms. The first-order valence-electron chi connectivity index (χ1n) is 9.99. The third-order valence-corrected chi connectivity index (χ3v) is 4.82. The topological polar surface area (TPSA) is 109 Å². The van der Waals surface area contributed by atoms with Gasteiger partial charge in [-0.25, -0.2) is 4.79 Å². The summed E-state index contributed by atoms with van der Waals surface area (Å²) in [5.41, 5.74) is 2.33. The number of nitrogens with one attached hydrogen (secondary N) is 3. The van der Waals surface area contributed by atoms with Crippen molar-refractivity contribution in [2.45, 2.75) is 19.9 Å². The van der Waals surface area contributed by atoms with E-state index in [-0.39, 0.29) is 12.5 Å². The van der Waals surface area contributed by atoms with E-state index in [0.717, 1.165) is 12.0 Å². The molecular formula is C23H22N4O4. The van der Waals surface area contributed by atoms with E-state index in [4.69, 9.17) is 4.74 Å². The van der Waals surface area contributed by atoms with E-state index in [2.05, 4.69) is 15.3 Å². The minimum atomic E-state index is -0.442. The fourth-order valence-corrected chi connectivity index (χ4v) is 3.37. The Hall–Kier alpha value is -4.07. The maximum atomic E-state index is 12.2.